The van der Waals surface area contributed by atoms with Gasteiger partial charge in [-0.3, -0.25) is 14.9 Å². The number of likely N-dealkylation sites (N-methyl/N-ethyl adjacent to an activating group) is 1. The number of carbonyl (C=O) groups is 1. The smallest absolute Gasteiger partial charge is 0.300 e. The van der Waals surface area contributed by atoms with Crippen LogP contribution in [0, 0.1) is 10.1 Å². The highest BCUT2D eigenvalue weighted by Gasteiger charge is 2.27. The number of carbonyl (C=O) groups excluding carboxylic acids is 1. The van der Waals surface area contributed by atoms with Crippen LogP contribution < -0.4 is 5.32 Å². The van der Waals surface area contributed by atoms with Crippen molar-refractivity contribution in [2.45, 2.75) is 26.4 Å². The number of anilines is 1. The maximum absolute atomic E-state index is 12.4. The number of hydrogen-bond donors (Lipinski definition) is 2. The number of hydrogen-bond acceptors (Lipinski definition) is 6. The van der Waals surface area contributed by atoms with Crippen LogP contribution in [-0.2, 0) is 0 Å². The lowest BCUT2D eigenvalue weighted by atomic mass is 10.1. The van der Waals surface area contributed by atoms with Crippen molar-refractivity contribution in [2.75, 3.05) is 25.5 Å². The molecule has 0 bridgehead atoms. The Bertz CT molecular complexity index is 539. The molecule has 0 radical (unpaired) electrons. The number of rotatable bonds is 6. The van der Waals surface area contributed by atoms with Gasteiger partial charge >= 0.3 is 0 Å². The van der Waals surface area contributed by atoms with Crippen LogP contribution in [0.4, 0.5) is 11.5 Å². The summed E-state index contributed by atoms with van der Waals surface area (Å²) in [7, 11) is 1.48. The lowest BCUT2D eigenvalue weighted by Crippen LogP contribution is -2.39. The van der Waals surface area contributed by atoms with Crippen LogP contribution in [0.1, 0.15) is 31.1 Å². The normalized spacial score (nSPS) is 11.1. The highest BCUT2D eigenvalue weighted by Crippen LogP contribution is 2.22. The quantitative estimate of drug-likeness (QED) is 0.604. The molecule has 0 saturated heterocycles. The summed E-state index contributed by atoms with van der Waals surface area (Å²) in [5.41, 5.74) is -1.50. The summed E-state index contributed by atoms with van der Waals surface area (Å²) in [4.78, 5) is 27.9. The topological polar surface area (TPSA) is 109 Å². The van der Waals surface area contributed by atoms with Crippen molar-refractivity contribution in [3.8, 4) is 0 Å². The van der Waals surface area contributed by atoms with Gasteiger partial charge in [-0.05, 0) is 20.8 Å². The molecule has 0 unspecified atom stereocenters. The standard InChI is InChI=1S/C13H20N4O4/c1-5-14-11-6-9(10(7-15-11)17(20)21)12(18)16(4)8-13(2,3)19/h6-7,19H,5,8H2,1-4H3,(H,14,15). The first-order valence-corrected chi connectivity index (χ1v) is 6.52. The minimum absolute atomic E-state index is 0.0574. The largest absolute Gasteiger partial charge is 0.389 e. The highest BCUT2D eigenvalue weighted by molar-refractivity contribution is 5.98. The van der Waals surface area contributed by atoms with Gasteiger partial charge in [-0.2, -0.15) is 0 Å². The van der Waals surface area contributed by atoms with Gasteiger partial charge in [0, 0.05) is 26.2 Å². The van der Waals surface area contributed by atoms with E-state index in [1.807, 2.05) is 6.92 Å². The Morgan fingerprint density at radius 3 is 2.67 bits per heavy atom. The van der Waals surface area contributed by atoms with Gasteiger partial charge in [-0.25, -0.2) is 4.98 Å². The number of nitrogens with one attached hydrogen (secondary N) is 1. The first-order chi connectivity index (χ1) is 9.65. The molecule has 8 heteroatoms. The van der Waals surface area contributed by atoms with Crippen LogP contribution >= 0.6 is 0 Å². The molecule has 1 amide bonds. The second-order valence-electron chi connectivity index (χ2n) is 5.35. The van der Waals surface area contributed by atoms with Gasteiger partial charge in [0.1, 0.15) is 17.6 Å². The Hall–Kier alpha value is -2.22. The van der Waals surface area contributed by atoms with E-state index in [2.05, 4.69) is 10.3 Å². The molecule has 8 nitrogen and oxygen atoms in total. The lowest BCUT2D eigenvalue weighted by molar-refractivity contribution is -0.385. The van der Waals surface area contributed by atoms with E-state index in [0.717, 1.165) is 6.20 Å². The predicted molar refractivity (Wildman–Crippen MR) is 78.3 cm³/mol. The summed E-state index contributed by atoms with van der Waals surface area (Å²) in [6.07, 6.45) is 1.06. The zero-order chi connectivity index (χ0) is 16.2. The van der Waals surface area contributed by atoms with Crippen LogP contribution in [0.15, 0.2) is 12.3 Å². The first kappa shape index (κ1) is 16.8. The maximum atomic E-state index is 12.4. The third kappa shape index (κ3) is 4.67. The Morgan fingerprint density at radius 2 is 2.19 bits per heavy atom. The molecule has 0 aliphatic rings. The van der Waals surface area contributed by atoms with Crippen LogP contribution in [0.2, 0.25) is 0 Å². The van der Waals surface area contributed by atoms with E-state index in [0.29, 0.717) is 12.4 Å². The van der Waals surface area contributed by atoms with Gasteiger partial charge in [0.2, 0.25) is 0 Å². The number of aromatic nitrogens is 1. The molecule has 1 aromatic rings. The Morgan fingerprint density at radius 1 is 1.57 bits per heavy atom. The predicted octanol–water partition coefficient (Wildman–Crippen LogP) is 1.26. The van der Waals surface area contributed by atoms with Crippen molar-refractivity contribution < 1.29 is 14.8 Å². The molecule has 0 aliphatic carbocycles. The van der Waals surface area contributed by atoms with E-state index >= 15 is 0 Å². The Kier molecular flexibility index (Phi) is 5.20. The van der Waals surface area contributed by atoms with Crippen molar-refractivity contribution in [2.24, 2.45) is 0 Å². The van der Waals surface area contributed by atoms with E-state index in [-0.39, 0.29) is 17.8 Å². The van der Waals surface area contributed by atoms with Gasteiger partial charge in [0.15, 0.2) is 0 Å². The molecule has 0 fully saturated rings. The number of nitro groups is 1. The SMILES string of the molecule is CCNc1cc(C(=O)N(C)CC(C)(C)O)c([N+](=O)[O-])cn1. The second-order valence-corrected chi connectivity index (χ2v) is 5.35. The second kappa shape index (κ2) is 6.49. The number of amides is 1. The average molecular weight is 296 g/mol. The third-order valence-electron chi connectivity index (χ3n) is 2.64. The van der Waals surface area contributed by atoms with Gasteiger partial charge in [-0.1, -0.05) is 0 Å². The maximum Gasteiger partial charge on any atom is 0.300 e. The highest BCUT2D eigenvalue weighted by atomic mass is 16.6. The molecule has 0 spiro atoms. The monoisotopic (exact) mass is 296 g/mol. The van der Waals surface area contributed by atoms with Crippen molar-refractivity contribution in [1.82, 2.24) is 9.88 Å². The molecule has 0 aliphatic heterocycles. The summed E-state index contributed by atoms with van der Waals surface area (Å²) in [6, 6.07) is 1.35. The number of aliphatic hydroxyl groups is 1. The van der Waals surface area contributed by atoms with Crippen LogP contribution in [-0.4, -0.2) is 51.6 Å². The van der Waals surface area contributed by atoms with E-state index in [1.165, 1.54) is 18.0 Å². The fraction of sp³-hybridized carbons (Fsp3) is 0.538. The number of nitrogens with zero attached hydrogens (tertiary/aromatic N) is 3. The summed E-state index contributed by atoms with van der Waals surface area (Å²) in [5, 5.41) is 23.7. The van der Waals surface area contributed by atoms with Gasteiger partial charge in [-0.15, -0.1) is 0 Å². The minimum atomic E-state index is -1.09. The van der Waals surface area contributed by atoms with Crippen molar-refractivity contribution in [3.05, 3.63) is 27.9 Å². The summed E-state index contributed by atoms with van der Waals surface area (Å²) in [5.74, 6) is -0.145. The number of pyridine rings is 1. The van der Waals surface area contributed by atoms with E-state index in [1.54, 1.807) is 13.8 Å². The molecular formula is C13H20N4O4. The van der Waals surface area contributed by atoms with Crippen molar-refractivity contribution >= 4 is 17.4 Å². The zero-order valence-electron chi connectivity index (χ0n) is 12.6. The molecule has 0 saturated carbocycles. The minimum Gasteiger partial charge on any atom is -0.389 e. The molecular weight excluding hydrogens is 276 g/mol. The summed E-state index contributed by atoms with van der Waals surface area (Å²) >= 11 is 0. The molecule has 0 aromatic carbocycles. The summed E-state index contributed by atoms with van der Waals surface area (Å²) in [6.45, 7) is 5.61. The van der Waals surface area contributed by atoms with E-state index in [4.69, 9.17) is 0 Å². The van der Waals surface area contributed by atoms with Crippen molar-refractivity contribution in [1.29, 1.82) is 0 Å². The van der Waals surface area contributed by atoms with Crippen LogP contribution in [0.5, 0.6) is 0 Å². The van der Waals surface area contributed by atoms with Gasteiger partial charge in [0.05, 0.1) is 10.5 Å². The molecule has 1 heterocycles. The molecule has 1 rings (SSSR count). The lowest BCUT2D eigenvalue weighted by Gasteiger charge is -2.25. The molecule has 2 N–H and O–H groups in total. The molecule has 0 atom stereocenters. The van der Waals surface area contributed by atoms with Crippen molar-refractivity contribution in [3.63, 3.8) is 0 Å². The van der Waals surface area contributed by atoms with Gasteiger partial charge < -0.3 is 15.3 Å². The first-order valence-electron chi connectivity index (χ1n) is 6.52. The molecule has 116 valence electrons. The third-order valence-corrected chi connectivity index (χ3v) is 2.64. The fourth-order valence-corrected chi connectivity index (χ4v) is 1.90. The molecule has 21 heavy (non-hydrogen) atoms. The Labute approximate surface area is 122 Å². The van der Waals surface area contributed by atoms with E-state index in [9.17, 15) is 20.0 Å². The van der Waals surface area contributed by atoms with Crippen LogP contribution in [0.25, 0.3) is 0 Å². The molecule has 1 aromatic heterocycles. The summed E-state index contributed by atoms with van der Waals surface area (Å²) < 4.78 is 0. The van der Waals surface area contributed by atoms with Gasteiger partial charge in [0.25, 0.3) is 11.6 Å². The van der Waals surface area contributed by atoms with E-state index < -0.39 is 16.4 Å². The fourth-order valence-electron chi connectivity index (χ4n) is 1.90. The van der Waals surface area contributed by atoms with Crippen LogP contribution in [0.3, 0.4) is 0 Å². The Balaban J connectivity index is 3.15. The average Bonchev–Trinajstić information content (AvgIpc) is 2.35. The zero-order valence-corrected chi connectivity index (χ0v) is 12.6.